The highest BCUT2D eigenvalue weighted by atomic mass is 16.5. The Morgan fingerprint density at radius 3 is 2.57 bits per heavy atom. The Morgan fingerprint density at radius 1 is 1.26 bits per heavy atom. The summed E-state index contributed by atoms with van der Waals surface area (Å²) >= 11 is 0. The second-order valence-corrected chi connectivity index (χ2v) is 6.56. The monoisotopic (exact) mass is 319 g/mol. The van der Waals surface area contributed by atoms with E-state index >= 15 is 0 Å². The average molecular weight is 319 g/mol. The van der Waals surface area contributed by atoms with E-state index < -0.39 is 0 Å². The van der Waals surface area contributed by atoms with Crippen LogP contribution in [0.1, 0.15) is 25.8 Å². The molecule has 128 valence electrons. The van der Waals surface area contributed by atoms with Crippen LogP contribution in [-0.2, 0) is 0 Å². The van der Waals surface area contributed by atoms with Crippen LogP contribution in [0.25, 0.3) is 0 Å². The van der Waals surface area contributed by atoms with E-state index in [0.717, 1.165) is 50.6 Å². The molecular weight excluding hydrogens is 290 g/mol. The Bertz CT molecular complexity index is 523. The van der Waals surface area contributed by atoms with Crippen LogP contribution < -0.4 is 15.0 Å². The Kier molecular flexibility index (Phi) is 6.13. The average Bonchev–Trinajstić information content (AvgIpc) is 2.54. The molecule has 1 aromatic carbocycles. The molecule has 1 fully saturated rings. The number of nitrogens with one attached hydrogen (secondary N) is 1. The predicted octanol–water partition coefficient (Wildman–Crippen LogP) is 2.88. The molecule has 1 aliphatic heterocycles. The normalized spacial score (nSPS) is 15.0. The molecule has 2 rings (SSSR count). The summed E-state index contributed by atoms with van der Waals surface area (Å²) in [6.45, 7) is 10.3. The fourth-order valence-corrected chi connectivity index (χ4v) is 2.78. The zero-order valence-corrected chi connectivity index (χ0v) is 14.8. The summed E-state index contributed by atoms with van der Waals surface area (Å²) in [5, 5.41) is 3.01. The molecule has 1 N–H and O–H groups in total. The van der Waals surface area contributed by atoms with Gasteiger partial charge in [-0.25, -0.2) is 4.79 Å². The minimum atomic E-state index is 0.0570. The second-order valence-electron chi connectivity index (χ2n) is 6.56. The maximum atomic E-state index is 12.2. The van der Waals surface area contributed by atoms with Gasteiger partial charge in [0.15, 0.2) is 0 Å². The van der Waals surface area contributed by atoms with Crippen molar-refractivity contribution in [3.63, 3.8) is 0 Å². The topological polar surface area (TPSA) is 44.8 Å². The van der Waals surface area contributed by atoms with Gasteiger partial charge in [0, 0.05) is 32.7 Å². The van der Waals surface area contributed by atoms with Crippen LogP contribution in [0.2, 0.25) is 0 Å². The van der Waals surface area contributed by atoms with Gasteiger partial charge in [-0.05, 0) is 37.0 Å². The van der Waals surface area contributed by atoms with Gasteiger partial charge in [0.1, 0.15) is 5.75 Å². The van der Waals surface area contributed by atoms with Crippen LogP contribution in [0, 0.1) is 12.8 Å². The Hall–Kier alpha value is -1.91. The molecule has 1 heterocycles. The largest absolute Gasteiger partial charge is 0.495 e. The number of hydrogen-bond acceptors (Lipinski definition) is 3. The number of benzene rings is 1. The Labute approximate surface area is 139 Å². The van der Waals surface area contributed by atoms with Crippen LogP contribution in [0.5, 0.6) is 5.75 Å². The summed E-state index contributed by atoms with van der Waals surface area (Å²) in [6, 6.07) is 6.27. The van der Waals surface area contributed by atoms with Gasteiger partial charge in [-0.3, -0.25) is 0 Å². The number of anilines is 1. The molecule has 0 aromatic heterocycles. The van der Waals surface area contributed by atoms with Crippen molar-refractivity contribution >= 4 is 11.7 Å². The molecular formula is C18H29N3O2. The zero-order chi connectivity index (χ0) is 16.8. The number of carbonyl (C=O) groups excluding carboxylic acids is 1. The van der Waals surface area contributed by atoms with Gasteiger partial charge in [0.25, 0.3) is 0 Å². The SMILES string of the molecule is COc1ccc(C)cc1N1CCN(C(=O)NCCC(C)C)CC1. The van der Waals surface area contributed by atoms with Crippen molar-refractivity contribution in [2.75, 3.05) is 44.7 Å². The standard InChI is InChI=1S/C18H29N3O2/c1-14(2)7-8-19-18(22)21-11-9-20(10-12-21)16-13-15(3)5-6-17(16)23-4/h5-6,13-14H,7-12H2,1-4H3,(H,19,22). The molecule has 5 heteroatoms. The fourth-order valence-electron chi connectivity index (χ4n) is 2.78. The maximum absolute atomic E-state index is 12.2. The molecule has 1 aliphatic rings. The van der Waals surface area contributed by atoms with Gasteiger partial charge < -0.3 is 19.9 Å². The third kappa shape index (κ3) is 4.78. The van der Waals surface area contributed by atoms with Crippen molar-refractivity contribution in [1.82, 2.24) is 10.2 Å². The summed E-state index contributed by atoms with van der Waals surface area (Å²) in [5.41, 5.74) is 2.34. The summed E-state index contributed by atoms with van der Waals surface area (Å²) in [7, 11) is 1.70. The van der Waals surface area contributed by atoms with E-state index in [0.29, 0.717) is 5.92 Å². The lowest BCUT2D eigenvalue weighted by molar-refractivity contribution is 0.193. The molecule has 1 saturated heterocycles. The van der Waals surface area contributed by atoms with Gasteiger partial charge in [0.2, 0.25) is 0 Å². The smallest absolute Gasteiger partial charge is 0.317 e. The lowest BCUT2D eigenvalue weighted by atomic mass is 10.1. The third-order valence-electron chi connectivity index (χ3n) is 4.24. The molecule has 0 saturated carbocycles. The minimum Gasteiger partial charge on any atom is -0.495 e. The van der Waals surface area contributed by atoms with Crippen molar-refractivity contribution in [2.24, 2.45) is 5.92 Å². The van der Waals surface area contributed by atoms with Gasteiger partial charge in [-0.2, -0.15) is 0 Å². The number of nitrogens with zero attached hydrogens (tertiary/aromatic N) is 2. The highest BCUT2D eigenvalue weighted by Gasteiger charge is 2.22. The number of urea groups is 1. The summed E-state index contributed by atoms with van der Waals surface area (Å²) in [6.07, 6.45) is 1.02. The van der Waals surface area contributed by atoms with E-state index in [9.17, 15) is 4.79 Å². The molecule has 0 spiro atoms. The first-order chi connectivity index (χ1) is 11.0. The second kappa shape index (κ2) is 8.09. The van der Waals surface area contributed by atoms with E-state index in [1.54, 1.807) is 7.11 Å². The molecule has 0 atom stereocenters. The van der Waals surface area contributed by atoms with Crippen LogP contribution in [0.4, 0.5) is 10.5 Å². The molecule has 0 radical (unpaired) electrons. The zero-order valence-electron chi connectivity index (χ0n) is 14.8. The number of piperazine rings is 1. The fraction of sp³-hybridized carbons (Fsp3) is 0.611. The third-order valence-corrected chi connectivity index (χ3v) is 4.24. The first-order valence-corrected chi connectivity index (χ1v) is 8.43. The van der Waals surface area contributed by atoms with E-state index in [1.165, 1.54) is 5.56 Å². The summed E-state index contributed by atoms with van der Waals surface area (Å²) < 4.78 is 5.47. The van der Waals surface area contributed by atoms with Gasteiger partial charge in [0.05, 0.1) is 12.8 Å². The van der Waals surface area contributed by atoms with Crippen LogP contribution >= 0.6 is 0 Å². The number of hydrogen-bond donors (Lipinski definition) is 1. The molecule has 0 unspecified atom stereocenters. The highest BCUT2D eigenvalue weighted by molar-refractivity contribution is 5.74. The quantitative estimate of drug-likeness (QED) is 0.907. The summed E-state index contributed by atoms with van der Waals surface area (Å²) in [4.78, 5) is 16.4. The van der Waals surface area contributed by atoms with Crippen molar-refractivity contribution in [3.05, 3.63) is 23.8 Å². The number of carbonyl (C=O) groups is 1. The van der Waals surface area contributed by atoms with Crippen molar-refractivity contribution < 1.29 is 9.53 Å². The highest BCUT2D eigenvalue weighted by Crippen LogP contribution is 2.29. The number of ether oxygens (including phenoxy) is 1. The minimum absolute atomic E-state index is 0.0570. The van der Waals surface area contributed by atoms with Crippen LogP contribution in [0.3, 0.4) is 0 Å². The van der Waals surface area contributed by atoms with E-state index in [1.807, 2.05) is 11.0 Å². The van der Waals surface area contributed by atoms with Gasteiger partial charge in [-0.15, -0.1) is 0 Å². The lowest BCUT2D eigenvalue weighted by Crippen LogP contribution is -2.52. The molecule has 0 aliphatic carbocycles. The van der Waals surface area contributed by atoms with Crippen LogP contribution in [0.15, 0.2) is 18.2 Å². The number of amides is 2. The van der Waals surface area contributed by atoms with Crippen molar-refractivity contribution in [3.8, 4) is 5.75 Å². The lowest BCUT2D eigenvalue weighted by Gasteiger charge is -2.36. The maximum Gasteiger partial charge on any atom is 0.317 e. The van der Waals surface area contributed by atoms with E-state index in [2.05, 4.69) is 43.1 Å². The van der Waals surface area contributed by atoms with E-state index in [-0.39, 0.29) is 6.03 Å². The van der Waals surface area contributed by atoms with Crippen LogP contribution in [-0.4, -0.2) is 50.8 Å². The van der Waals surface area contributed by atoms with Gasteiger partial charge in [-0.1, -0.05) is 19.9 Å². The predicted molar refractivity (Wildman–Crippen MR) is 94.4 cm³/mol. The Balaban J connectivity index is 1.88. The first kappa shape index (κ1) is 17.4. The molecule has 5 nitrogen and oxygen atoms in total. The van der Waals surface area contributed by atoms with Gasteiger partial charge >= 0.3 is 6.03 Å². The van der Waals surface area contributed by atoms with Crippen molar-refractivity contribution in [2.45, 2.75) is 27.2 Å². The first-order valence-electron chi connectivity index (χ1n) is 8.43. The van der Waals surface area contributed by atoms with Crippen molar-refractivity contribution in [1.29, 1.82) is 0 Å². The molecule has 1 aromatic rings. The number of aryl methyl sites for hydroxylation is 1. The Morgan fingerprint density at radius 2 is 1.96 bits per heavy atom. The molecule has 0 bridgehead atoms. The number of rotatable bonds is 5. The molecule has 23 heavy (non-hydrogen) atoms. The number of methoxy groups -OCH3 is 1. The van der Waals surface area contributed by atoms with E-state index in [4.69, 9.17) is 4.74 Å². The molecule has 2 amide bonds. The summed E-state index contributed by atoms with van der Waals surface area (Å²) in [5.74, 6) is 1.51.